The van der Waals surface area contributed by atoms with E-state index in [1.165, 1.54) is 11.3 Å². The molecule has 2 aromatic carbocycles. The molecule has 1 amide bonds. The Kier molecular flexibility index (Phi) is 6.14. The first-order valence-corrected chi connectivity index (χ1v) is 9.57. The fourth-order valence-electron chi connectivity index (χ4n) is 2.36. The van der Waals surface area contributed by atoms with Crippen LogP contribution in [0.1, 0.15) is 11.8 Å². The molecule has 4 nitrogen and oxygen atoms in total. The molecular weight excluding hydrogens is 391 g/mol. The van der Waals surface area contributed by atoms with Crippen molar-refractivity contribution in [2.75, 3.05) is 11.9 Å². The zero-order valence-electron chi connectivity index (χ0n) is 14.0. The molecular formula is C19H16Cl2N2O2S. The Morgan fingerprint density at radius 3 is 2.65 bits per heavy atom. The van der Waals surface area contributed by atoms with Crippen LogP contribution in [0.5, 0.6) is 5.75 Å². The lowest BCUT2D eigenvalue weighted by molar-refractivity contribution is -0.118. The Bertz CT molecular complexity index is 913. The highest BCUT2D eigenvalue weighted by Crippen LogP contribution is 2.31. The third-order valence-electron chi connectivity index (χ3n) is 3.56. The van der Waals surface area contributed by atoms with Crippen LogP contribution in [0.25, 0.3) is 11.3 Å². The standard InChI is InChI=1S/C19H16Cl2N2O2S/c1-2-16-18(12-6-4-3-5-7-12)23-19(26-16)22-17(24)11-25-15-9-8-13(20)10-14(15)21/h3-10H,2,11H2,1H3,(H,22,23,24). The highest BCUT2D eigenvalue weighted by molar-refractivity contribution is 7.16. The molecule has 0 saturated heterocycles. The first-order valence-electron chi connectivity index (χ1n) is 7.99. The van der Waals surface area contributed by atoms with Crippen molar-refractivity contribution in [3.8, 4) is 17.0 Å². The van der Waals surface area contributed by atoms with Gasteiger partial charge in [-0.2, -0.15) is 0 Å². The summed E-state index contributed by atoms with van der Waals surface area (Å²) in [6.07, 6.45) is 0.842. The summed E-state index contributed by atoms with van der Waals surface area (Å²) in [7, 11) is 0. The van der Waals surface area contributed by atoms with E-state index in [1.807, 2.05) is 30.3 Å². The number of carbonyl (C=O) groups is 1. The summed E-state index contributed by atoms with van der Waals surface area (Å²) >= 11 is 13.3. The molecule has 3 aromatic rings. The van der Waals surface area contributed by atoms with Crippen LogP contribution in [-0.4, -0.2) is 17.5 Å². The van der Waals surface area contributed by atoms with Crippen molar-refractivity contribution in [2.45, 2.75) is 13.3 Å². The minimum Gasteiger partial charge on any atom is -0.482 e. The highest BCUT2D eigenvalue weighted by Gasteiger charge is 2.14. The smallest absolute Gasteiger partial charge is 0.264 e. The number of halogens is 2. The van der Waals surface area contributed by atoms with Gasteiger partial charge in [-0.3, -0.25) is 10.1 Å². The molecule has 1 aromatic heterocycles. The van der Waals surface area contributed by atoms with Gasteiger partial charge in [-0.1, -0.05) is 60.5 Å². The van der Waals surface area contributed by atoms with Crippen LogP contribution in [0.15, 0.2) is 48.5 Å². The molecule has 0 spiro atoms. The van der Waals surface area contributed by atoms with Crippen LogP contribution in [0.2, 0.25) is 10.0 Å². The average molecular weight is 407 g/mol. The number of ether oxygens (including phenoxy) is 1. The Hall–Kier alpha value is -2.08. The second-order valence-electron chi connectivity index (χ2n) is 5.42. The first kappa shape index (κ1) is 18.7. The maximum Gasteiger partial charge on any atom is 0.264 e. The van der Waals surface area contributed by atoms with Crippen LogP contribution in [0.3, 0.4) is 0 Å². The molecule has 0 radical (unpaired) electrons. The lowest BCUT2D eigenvalue weighted by Crippen LogP contribution is -2.20. The van der Waals surface area contributed by atoms with E-state index in [9.17, 15) is 4.79 Å². The van der Waals surface area contributed by atoms with Gasteiger partial charge in [0, 0.05) is 15.5 Å². The van der Waals surface area contributed by atoms with E-state index in [0.29, 0.717) is 20.9 Å². The molecule has 0 aliphatic heterocycles. The van der Waals surface area contributed by atoms with E-state index in [4.69, 9.17) is 27.9 Å². The number of benzene rings is 2. The number of thiazole rings is 1. The molecule has 1 heterocycles. The van der Waals surface area contributed by atoms with Crippen molar-refractivity contribution in [2.24, 2.45) is 0 Å². The number of hydrogen-bond donors (Lipinski definition) is 1. The van der Waals surface area contributed by atoms with E-state index >= 15 is 0 Å². The Morgan fingerprint density at radius 2 is 1.96 bits per heavy atom. The molecule has 3 rings (SSSR count). The Labute approximate surface area is 165 Å². The first-order chi connectivity index (χ1) is 12.6. The van der Waals surface area contributed by atoms with Crippen molar-refractivity contribution in [3.05, 3.63) is 63.5 Å². The number of hydrogen-bond acceptors (Lipinski definition) is 4. The number of anilines is 1. The van der Waals surface area contributed by atoms with Crippen molar-refractivity contribution >= 4 is 45.6 Å². The molecule has 0 atom stereocenters. The summed E-state index contributed by atoms with van der Waals surface area (Å²) in [5.41, 5.74) is 1.93. The summed E-state index contributed by atoms with van der Waals surface area (Å²) < 4.78 is 5.45. The quantitative estimate of drug-likeness (QED) is 0.571. The van der Waals surface area contributed by atoms with Crippen molar-refractivity contribution in [1.82, 2.24) is 4.98 Å². The predicted octanol–water partition coefficient (Wildman–Crippen LogP) is 5.70. The summed E-state index contributed by atoms with van der Waals surface area (Å²) in [5.74, 6) is 0.108. The fraction of sp³-hybridized carbons (Fsp3) is 0.158. The van der Waals surface area contributed by atoms with Crippen LogP contribution in [-0.2, 0) is 11.2 Å². The van der Waals surface area contributed by atoms with Crippen molar-refractivity contribution in [3.63, 3.8) is 0 Å². The van der Waals surface area contributed by atoms with Crippen LogP contribution in [0.4, 0.5) is 5.13 Å². The lowest BCUT2D eigenvalue weighted by Gasteiger charge is -2.07. The van der Waals surface area contributed by atoms with E-state index in [0.717, 1.165) is 22.6 Å². The minimum absolute atomic E-state index is 0.164. The lowest BCUT2D eigenvalue weighted by atomic mass is 10.1. The van der Waals surface area contributed by atoms with E-state index in [1.54, 1.807) is 18.2 Å². The normalized spacial score (nSPS) is 10.6. The van der Waals surface area contributed by atoms with Crippen LogP contribution >= 0.6 is 34.5 Å². The fourth-order valence-corrected chi connectivity index (χ4v) is 3.76. The number of amides is 1. The molecule has 0 aliphatic rings. The minimum atomic E-state index is -0.299. The third kappa shape index (κ3) is 4.55. The number of rotatable bonds is 6. The molecule has 0 saturated carbocycles. The molecule has 7 heteroatoms. The number of aromatic nitrogens is 1. The van der Waals surface area contributed by atoms with Crippen molar-refractivity contribution in [1.29, 1.82) is 0 Å². The topological polar surface area (TPSA) is 51.2 Å². The van der Waals surface area contributed by atoms with Crippen LogP contribution < -0.4 is 10.1 Å². The van der Waals surface area contributed by atoms with Crippen molar-refractivity contribution < 1.29 is 9.53 Å². The maximum absolute atomic E-state index is 12.2. The predicted molar refractivity (Wildman–Crippen MR) is 108 cm³/mol. The van der Waals surface area contributed by atoms with Gasteiger partial charge in [-0.15, -0.1) is 11.3 Å². The number of carbonyl (C=O) groups excluding carboxylic acids is 1. The Balaban J connectivity index is 1.67. The van der Waals surface area contributed by atoms with E-state index in [-0.39, 0.29) is 12.5 Å². The zero-order valence-corrected chi connectivity index (χ0v) is 16.3. The third-order valence-corrected chi connectivity index (χ3v) is 5.21. The molecule has 1 N–H and O–H groups in total. The average Bonchev–Trinajstić information content (AvgIpc) is 3.04. The summed E-state index contributed by atoms with van der Waals surface area (Å²) in [4.78, 5) is 17.9. The Morgan fingerprint density at radius 1 is 1.19 bits per heavy atom. The molecule has 0 unspecified atom stereocenters. The van der Waals surface area contributed by atoms with Gasteiger partial charge in [-0.25, -0.2) is 4.98 Å². The molecule has 134 valence electrons. The SMILES string of the molecule is CCc1sc(NC(=O)COc2ccc(Cl)cc2Cl)nc1-c1ccccc1. The maximum atomic E-state index is 12.2. The van der Waals surface area contributed by atoms with E-state index in [2.05, 4.69) is 17.2 Å². The zero-order chi connectivity index (χ0) is 18.5. The van der Waals surface area contributed by atoms with Gasteiger partial charge in [-0.05, 0) is 24.6 Å². The van der Waals surface area contributed by atoms with Gasteiger partial charge in [0.1, 0.15) is 5.75 Å². The second kappa shape index (κ2) is 8.54. The largest absolute Gasteiger partial charge is 0.482 e. The number of nitrogens with one attached hydrogen (secondary N) is 1. The van der Waals surface area contributed by atoms with Gasteiger partial charge in [0.25, 0.3) is 5.91 Å². The van der Waals surface area contributed by atoms with Gasteiger partial charge in [0.15, 0.2) is 11.7 Å². The molecule has 0 fully saturated rings. The second-order valence-corrected chi connectivity index (χ2v) is 7.35. The van der Waals surface area contributed by atoms with Gasteiger partial charge in [0.05, 0.1) is 10.7 Å². The number of nitrogens with zero attached hydrogens (tertiary/aromatic N) is 1. The molecule has 0 bridgehead atoms. The van der Waals surface area contributed by atoms with Gasteiger partial charge in [0.2, 0.25) is 0 Å². The van der Waals surface area contributed by atoms with Gasteiger partial charge >= 0.3 is 0 Å². The molecule has 0 aliphatic carbocycles. The monoisotopic (exact) mass is 406 g/mol. The number of aryl methyl sites for hydroxylation is 1. The summed E-state index contributed by atoms with van der Waals surface area (Å²) in [5, 5.41) is 4.20. The van der Waals surface area contributed by atoms with E-state index < -0.39 is 0 Å². The van der Waals surface area contributed by atoms with Gasteiger partial charge < -0.3 is 4.74 Å². The summed E-state index contributed by atoms with van der Waals surface area (Å²) in [6.45, 7) is 1.90. The van der Waals surface area contributed by atoms with Crippen LogP contribution in [0, 0.1) is 0 Å². The molecule has 26 heavy (non-hydrogen) atoms. The highest BCUT2D eigenvalue weighted by atomic mass is 35.5. The summed E-state index contributed by atoms with van der Waals surface area (Å²) in [6, 6.07) is 14.8.